The third kappa shape index (κ3) is 5.45. The van der Waals surface area contributed by atoms with Gasteiger partial charge in [-0.1, -0.05) is 30.7 Å². The Bertz CT molecular complexity index is 1760. The number of hydrogen-bond donors (Lipinski definition) is 1. The Kier molecular flexibility index (Phi) is 7.75. The van der Waals surface area contributed by atoms with Gasteiger partial charge in [-0.25, -0.2) is 9.97 Å². The Hall–Kier alpha value is -3.79. The summed E-state index contributed by atoms with van der Waals surface area (Å²) in [5.41, 5.74) is 7.53. The van der Waals surface area contributed by atoms with Crippen LogP contribution in [0.2, 0.25) is 5.02 Å². The predicted octanol–water partition coefficient (Wildman–Crippen LogP) is 6.45. The van der Waals surface area contributed by atoms with Gasteiger partial charge < -0.3 is 15.1 Å². The quantitative estimate of drug-likeness (QED) is 0.235. The second-order valence-electron chi connectivity index (χ2n) is 10.1. The molecule has 2 aromatic carbocycles. The van der Waals surface area contributed by atoms with Crippen molar-refractivity contribution in [1.82, 2.24) is 24.4 Å². The van der Waals surface area contributed by atoms with E-state index in [0.717, 1.165) is 59.9 Å². The summed E-state index contributed by atoms with van der Waals surface area (Å²) < 4.78 is 1.67. The van der Waals surface area contributed by atoms with Crippen molar-refractivity contribution < 1.29 is 0 Å². The van der Waals surface area contributed by atoms with Gasteiger partial charge in [-0.3, -0.25) is 9.36 Å². The van der Waals surface area contributed by atoms with Gasteiger partial charge in [-0.2, -0.15) is 4.98 Å². The van der Waals surface area contributed by atoms with Crippen LogP contribution in [-0.2, 0) is 6.54 Å². The second kappa shape index (κ2) is 11.6. The Balaban J connectivity index is 1.27. The highest BCUT2D eigenvalue weighted by Crippen LogP contribution is 2.34. The molecular formula is C31H32ClN7OS. The van der Waals surface area contributed by atoms with Gasteiger partial charge in [0.2, 0.25) is 5.95 Å². The van der Waals surface area contributed by atoms with Crippen molar-refractivity contribution in [3.63, 3.8) is 0 Å². The number of aryl methyl sites for hydroxylation is 2. The molecule has 0 amide bonds. The van der Waals surface area contributed by atoms with E-state index in [4.69, 9.17) is 16.6 Å². The molecule has 0 saturated carbocycles. The van der Waals surface area contributed by atoms with Crippen molar-refractivity contribution in [3.8, 4) is 21.6 Å². The van der Waals surface area contributed by atoms with E-state index < -0.39 is 0 Å². The molecule has 0 aliphatic carbocycles. The van der Waals surface area contributed by atoms with Crippen LogP contribution < -0.4 is 15.8 Å². The van der Waals surface area contributed by atoms with Gasteiger partial charge in [0, 0.05) is 71.8 Å². The first-order valence-electron chi connectivity index (χ1n) is 13.9. The lowest BCUT2D eigenvalue weighted by atomic mass is 10.0. The number of anilines is 3. The lowest BCUT2D eigenvalue weighted by Gasteiger charge is -2.35. The fraction of sp³-hybridized carbons (Fsp3) is 0.290. The molecule has 41 heavy (non-hydrogen) atoms. The lowest BCUT2D eigenvalue weighted by molar-refractivity contribution is 0.271. The molecule has 8 nitrogen and oxygen atoms in total. The van der Waals surface area contributed by atoms with E-state index >= 15 is 0 Å². The fourth-order valence-corrected chi connectivity index (χ4v) is 6.45. The van der Waals surface area contributed by atoms with Gasteiger partial charge in [-0.05, 0) is 62.4 Å². The van der Waals surface area contributed by atoms with Crippen LogP contribution in [-0.4, -0.2) is 57.1 Å². The summed E-state index contributed by atoms with van der Waals surface area (Å²) >= 11 is 8.30. The number of benzene rings is 2. The minimum Gasteiger partial charge on any atom is -0.369 e. The zero-order chi connectivity index (χ0) is 28.5. The monoisotopic (exact) mass is 585 g/mol. The number of nitrogens with zero attached hydrogens (tertiary/aromatic N) is 6. The van der Waals surface area contributed by atoms with E-state index in [-0.39, 0.29) is 5.56 Å². The molecule has 1 aliphatic rings. The van der Waals surface area contributed by atoms with Gasteiger partial charge in [0.25, 0.3) is 5.56 Å². The number of rotatable bonds is 7. The van der Waals surface area contributed by atoms with Crippen molar-refractivity contribution in [1.29, 1.82) is 0 Å². The highest BCUT2D eigenvalue weighted by Gasteiger charge is 2.18. The van der Waals surface area contributed by atoms with Crippen molar-refractivity contribution in [2.75, 3.05) is 42.9 Å². The summed E-state index contributed by atoms with van der Waals surface area (Å²) in [5.74, 6) is 0.443. The molecule has 10 heteroatoms. The smallest absolute Gasteiger partial charge is 0.260 e. The summed E-state index contributed by atoms with van der Waals surface area (Å²) in [6.45, 7) is 11.9. The molecule has 0 radical (unpaired) electrons. The van der Waals surface area contributed by atoms with Crippen LogP contribution in [0.3, 0.4) is 0 Å². The standard InChI is InChI=1S/C31H32ClN7OS/c1-4-37-12-14-38(15-13-37)24-9-7-23(8-10-24)35-31-33-18-22-16-26(30(40)39(5-2)29(22)36-31)25-11-6-21(17-27(25)32)28-20(3)34-19-41-28/h6-11,16-19H,4-5,12-15H2,1-3H3,(H,33,35,36). The van der Waals surface area contributed by atoms with Crippen LogP contribution in [0.15, 0.2) is 65.0 Å². The number of hydrogen-bond acceptors (Lipinski definition) is 8. The first kappa shape index (κ1) is 27.4. The van der Waals surface area contributed by atoms with E-state index in [1.165, 1.54) is 5.69 Å². The Morgan fingerprint density at radius 1 is 0.951 bits per heavy atom. The molecule has 1 fully saturated rings. The number of thiazole rings is 1. The van der Waals surface area contributed by atoms with Gasteiger partial charge in [0.05, 0.1) is 16.1 Å². The van der Waals surface area contributed by atoms with Crippen molar-refractivity contribution in [2.45, 2.75) is 27.3 Å². The number of piperazine rings is 1. The highest BCUT2D eigenvalue weighted by atomic mass is 35.5. The summed E-state index contributed by atoms with van der Waals surface area (Å²) in [6.07, 6.45) is 1.75. The first-order chi connectivity index (χ1) is 19.9. The molecule has 3 aromatic heterocycles. The molecule has 0 atom stereocenters. The zero-order valence-corrected chi connectivity index (χ0v) is 25.0. The van der Waals surface area contributed by atoms with Crippen LogP contribution in [0.5, 0.6) is 0 Å². The van der Waals surface area contributed by atoms with Crippen LogP contribution in [0, 0.1) is 6.92 Å². The summed E-state index contributed by atoms with van der Waals surface area (Å²) in [7, 11) is 0. The van der Waals surface area contributed by atoms with Crippen LogP contribution in [0.4, 0.5) is 17.3 Å². The van der Waals surface area contributed by atoms with Crippen molar-refractivity contribution in [2.24, 2.45) is 0 Å². The van der Waals surface area contributed by atoms with E-state index in [0.29, 0.717) is 34.3 Å². The van der Waals surface area contributed by atoms with Crippen LogP contribution in [0.25, 0.3) is 32.6 Å². The number of likely N-dealkylation sites (N-methyl/N-ethyl adjacent to an activating group) is 1. The lowest BCUT2D eigenvalue weighted by Crippen LogP contribution is -2.46. The third-order valence-corrected chi connectivity index (χ3v) is 9.01. The molecule has 4 heterocycles. The molecule has 0 unspecified atom stereocenters. The maximum atomic E-state index is 13.6. The Labute approximate surface area is 248 Å². The first-order valence-corrected chi connectivity index (χ1v) is 15.2. The number of fused-ring (bicyclic) bond motifs is 1. The highest BCUT2D eigenvalue weighted by molar-refractivity contribution is 7.13. The van der Waals surface area contributed by atoms with Gasteiger partial charge in [0.15, 0.2) is 0 Å². The maximum absolute atomic E-state index is 13.6. The average Bonchev–Trinajstić information content (AvgIpc) is 3.43. The Morgan fingerprint density at radius 3 is 2.39 bits per heavy atom. The van der Waals surface area contributed by atoms with Gasteiger partial charge >= 0.3 is 0 Å². The second-order valence-corrected chi connectivity index (χ2v) is 11.4. The number of halogens is 1. The van der Waals surface area contributed by atoms with E-state index in [9.17, 15) is 4.79 Å². The molecule has 5 aromatic rings. The topological polar surface area (TPSA) is 79.2 Å². The van der Waals surface area contributed by atoms with E-state index in [2.05, 4.69) is 44.1 Å². The van der Waals surface area contributed by atoms with Crippen molar-refractivity contribution >= 4 is 51.3 Å². The Morgan fingerprint density at radius 2 is 1.73 bits per heavy atom. The fourth-order valence-electron chi connectivity index (χ4n) is 5.37. The predicted molar refractivity (Wildman–Crippen MR) is 170 cm³/mol. The molecule has 1 aliphatic heterocycles. The molecule has 6 rings (SSSR count). The minimum atomic E-state index is -0.138. The molecule has 210 valence electrons. The normalized spacial score (nSPS) is 14.1. The molecule has 1 N–H and O–H groups in total. The third-order valence-electron chi connectivity index (χ3n) is 7.72. The minimum absolute atomic E-state index is 0.138. The maximum Gasteiger partial charge on any atom is 0.260 e. The van der Waals surface area contributed by atoms with Crippen LogP contribution >= 0.6 is 22.9 Å². The molecule has 1 saturated heterocycles. The number of aromatic nitrogens is 4. The summed E-state index contributed by atoms with van der Waals surface area (Å²) in [6, 6.07) is 16.0. The van der Waals surface area contributed by atoms with Gasteiger partial charge in [0.1, 0.15) is 5.65 Å². The average molecular weight is 586 g/mol. The van der Waals surface area contributed by atoms with Gasteiger partial charge in [-0.15, -0.1) is 11.3 Å². The molecular weight excluding hydrogens is 554 g/mol. The van der Waals surface area contributed by atoms with Crippen molar-refractivity contribution in [3.05, 3.63) is 81.3 Å². The van der Waals surface area contributed by atoms with Crippen LogP contribution in [0.1, 0.15) is 19.5 Å². The van der Waals surface area contributed by atoms with E-state index in [1.807, 2.05) is 55.8 Å². The molecule has 0 bridgehead atoms. The largest absolute Gasteiger partial charge is 0.369 e. The molecule has 0 spiro atoms. The number of nitrogens with one attached hydrogen (secondary N) is 1. The summed E-state index contributed by atoms with van der Waals surface area (Å²) in [5, 5.41) is 4.59. The SMILES string of the molecule is CCN1CCN(c2ccc(Nc3ncc4cc(-c5ccc(-c6scnc6C)cc5Cl)c(=O)n(CC)c4n3)cc2)CC1. The number of pyridine rings is 1. The summed E-state index contributed by atoms with van der Waals surface area (Å²) in [4.78, 5) is 33.2. The zero-order valence-electron chi connectivity index (χ0n) is 23.4. The van der Waals surface area contributed by atoms with E-state index in [1.54, 1.807) is 22.1 Å².